The summed E-state index contributed by atoms with van der Waals surface area (Å²) in [4.78, 5) is 2.25. The molecule has 0 aromatic carbocycles. The van der Waals surface area contributed by atoms with Crippen molar-refractivity contribution in [3.05, 3.63) is 42.1 Å². The molecule has 14 heavy (non-hydrogen) atoms. The Morgan fingerprint density at radius 3 is 2.29 bits per heavy atom. The molecule has 0 radical (unpaired) electrons. The van der Waals surface area contributed by atoms with Gasteiger partial charge in [0, 0.05) is 9.75 Å². The molecule has 1 unspecified atom stereocenters. The molecule has 2 N–H and O–H groups in total. The number of hydrogen-bond acceptors (Lipinski definition) is 3. The summed E-state index contributed by atoms with van der Waals surface area (Å²) in [7, 11) is 0. The van der Waals surface area contributed by atoms with E-state index in [2.05, 4.69) is 15.9 Å². The van der Waals surface area contributed by atoms with Crippen molar-refractivity contribution in [3.8, 4) is 0 Å². The molecule has 2 heterocycles. The van der Waals surface area contributed by atoms with Crippen molar-refractivity contribution in [1.82, 2.24) is 0 Å². The number of thiophene rings is 2. The number of nitrogens with two attached hydrogens (primary N) is 1. The molecule has 2 rings (SSSR count). The van der Waals surface area contributed by atoms with Crippen molar-refractivity contribution in [2.45, 2.75) is 6.04 Å². The van der Waals surface area contributed by atoms with Crippen LogP contribution in [0.25, 0.3) is 0 Å². The SMILES string of the molecule is NC(c1ccc(Cl)s1)c1ccc(Br)s1. The van der Waals surface area contributed by atoms with Gasteiger partial charge in [0.25, 0.3) is 0 Å². The van der Waals surface area contributed by atoms with Gasteiger partial charge in [0.05, 0.1) is 14.2 Å². The molecule has 0 saturated carbocycles. The molecule has 0 spiro atoms. The highest BCUT2D eigenvalue weighted by atomic mass is 79.9. The van der Waals surface area contributed by atoms with Crippen LogP contribution in [-0.2, 0) is 0 Å². The second kappa shape index (κ2) is 4.33. The molecule has 0 bridgehead atoms. The zero-order valence-corrected chi connectivity index (χ0v) is 11.0. The highest BCUT2D eigenvalue weighted by Crippen LogP contribution is 2.33. The van der Waals surface area contributed by atoms with E-state index in [9.17, 15) is 0 Å². The van der Waals surface area contributed by atoms with E-state index in [4.69, 9.17) is 17.3 Å². The highest BCUT2D eigenvalue weighted by molar-refractivity contribution is 9.11. The number of rotatable bonds is 2. The normalized spacial score (nSPS) is 13.1. The third kappa shape index (κ3) is 2.20. The topological polar surface area (TPSA) is 26.0 Å². The van der Waals surface area contributed by atoms with Crippen molar-refractivity contribution in [2.24, 2.45) is 5.73 Å². The Bertz CT molecular complexity index is 397. The molecule has 0 aliphatic carbocycles. The van der Waals surface area contributed by atoms with Crippen LogP contribution in [0.2, 0.25) is 4.34 Å². The van der Waals surface area contributed by atoms with Gasteiger partial charge in [-0.1, -0.05) is 11.6 Å². The molecule has 2 aromatic heterocycles. The maximum absolute atomic E-state index is 6.08. The van der Waals surface area contributed by atoms with E-state index >= 15 is 0 Å². The Morgan fingerprint density at radius 1 is 1.14 bits per heavy atom. The van der Waals surface area contributed by atoms with Gasteiger partial charge in [-0.15, -0.1) is 22.7 Å². The average Bonchev–Trinajstić information content (AvgIpc) is 2.73. The molecule has 0 aliphatic heterocycles. The van der Waals surface area contributed by atoms with Crippen LogP contribution < -0.4 is 5.73 Å². The van der Waals surface area contributed by atoms with Gasteiger partial charge >= 0.3 is 0 Å². The minimum atomic E-state index is -0.0520. The predicted octanol–water partition coefficient (Wildman–Crippen LogP) is 4.27. The minimum Gasteiger partial charge on any atom is -0.319 e. The lowest BCUT2D eigenvalue weighted by molar-refractivity contribution is 0.917. The Kier molecular flexibility index (Phi) is 3.29. The van der Waals surface area contributed by atoms with Gasteiger partial charge in [0.1, 0.15) is 0 Å². The molecule has 74 valence electrons. The van der Waals surface area contributed by atoms with Crippen LogP contribution in [0.1, 0.15) is 15.8 Å². The van der Waals surface area contributed by atoms with Crippen LogP contribution in [0, 0.1) is 0 Å². The Labute approximate surface area is 104 Å². The van der Waals surface area contributed by atoms with Gasteiger partial charge in [-0.05, 0) is 40.2 Å². The van der Waals surface area contributed by atoms with Crippen LogP contribution >= 0.6 is 50.2 Å². The standard InChI is InChI=1S/C9H7BrClNS2/c10-7-3-1-5(13-7)9(12)6-2-4-8(11)14-6/h1-4,9H,12H2. The molecule has 0 saturated heterocycles. The van der Waals surface area contributed by atoms with Gasteiger partial charge in [-0.2, -0.15) is 0 Å². The molecule has 1 atom stereocenters. The number of hydrogen-bond donors (Lipinski definition) is 1. The summed E-state index contributed by atoms with van der Waals surface area (Å²) in [6.45, 7) is 0. The molecular formula is C9H7BrClNS2. The summed E-state index contributed by atoms with van der Waals surface area (Å²) < 4.78 is 1.89. The quantitative estimate of drug-likeness (QED) is 0.880. The third-order valence-electron chi connectivity index (χ3n) is 1.80. The van der Waals surface area contributed by atoms with Crippen molar-refractivity contribution < 1.29 is 0 Å². The van der Waals surface area contributed by atoms with E-state index in [0.717, 1.165) is 17.9 Å². The maximum atomic E-state index is 6.08. The Balaban J connectivity index is 2.28. The lowest BCUT2D eigenvalue weighted by Crippen LogP contribution is -2.07. The molecule has 0 fully saturated rings. The molecule has 5 heteroatoms. The minimum absolute atomic E-state index is 0.0520. The summed E-state index contributed by atoms with van der Waals surface area (Å²) in [6, 6.07) is 7.85. The third-order valence-corrected chi connectivity index (χ3v) is 4.82. The summed E-state index contributed by atoms with van der Waals surface area (Å²) >= 11 is 12.5. The Hall–Kier alpha value is 0.130. The summed E-state index contributed by atoms with van der Waals surface area (Å²) in [5.41, 5.74) is 6.08. The fourth-order valence-electron chi connectivity index (χ4n) is 1.13. The summed E-state index contributed by atoms with van der Waals surface area (Å²) in [6.07, 6.45) is 0. The van der Waals surface area contributed by atoms with Gasteiger partial charge in [0.2, 0.25) is 0 Å². The Morgan fingerprint density at radius 2 is 1.79 bits per heavy atom. The van der Waals surface area contributed by atoms with Gasteiger partial charge in [0.15, 0.2) is 0 Å². The predicted molar refractivity (Wildman–Crippen MR) is 67.4 cm³/mol. The van der Waals surface area contributed by atoms with Crippen molar-refractivity contribution in [1.29, 1.82) is 0 Å². The van der Waals surface area contributed by atoms with Crippen LogP contribution in [0.15, 0.2) is 28.1 Å². The fourth-order valence-corrected chi connectivity index (χ4v) is 3.73. The lowest BCUT2D eigenvalue weighted by Gasteiger charge is -2.05. The van der Waals surface area contributed by atoms with Crippen LogP contribution in [0.5, 0.6) is 0 Å². The lowest BCUT2D eigenvalue weighted by atomic mass is 10.2. The fraction of sp³-hybridized carbons (Fsp3) is 0.111. The molecule has 1 nitrogen and oxygen atoms in total. The maximum Gasteiger partial charge on any atom is 0.0931 e. The average molecular weight is 309 g/mol. The molecular weight excluding hydrogens is 302 g/mol. The van der Waals surface area contributed by atoms with E-state index in [1.807, 2.05) is 24.3 Å². The van der Waals surface area contributed by atoms with E-state index < -0.39 is 0 Å². The number of halogens is 2. The largest absolute Gasteiger partial charge is 0.319 e. The van der Waals surface area contributed by atoms with Crippen LogP contribution in [0.4, 0.5) is 0 Å². The van der Waals surface area contributed by atoms with Crippen LogP contribution in [0.3, 0.4) is 0 Å². The van der Waals surface area contributed by atoms with E-state index in [-0.39, 0.29) is 6.04 Å². The first-order valence-corrected chi connectivity index (χ1v) is 6.73. The van der Waals surface area contributed by atoms with Gasteiger partial charge in [-0.3, -0.25) is 0 Å². The zero-order valence-electron chi connectivity index (χ0n) is 7.04. The molecule has 0 aliphatic rings. The van der Waals surface area contributed by atoms with Gasteiger partial charge < -0.3 is 5.73 Å². The van der Waals surface area contributed by atoms with Crippen molar-refractivity contribution in [3.63, 3.8) is 0 Å². The first-order valence-electron chi connectivity index (χ1n) is 3.93. The van der Waals surface area contributed by atoms with Crippen molar-refractivity contribution >= 4 is 50.2 Å². The second-order valence-electron chi connectivity index (χ2n) is 2.76. The summed E-state index contributed by atoms with van der Waals surface area (Å²) in [5, 5.41) is 0. The molecule has 2 aromatic rings. The van der Waals surface area contributed by atoms with E-state index in [1.165, 1.54) is 11.3 Å². The van der Waals surface area contributed by atoms with Crippen molar-refractivity contribution in [2.75, 3.05) is 0 Å². The zero-order chi connectivity index (χ0) is 10.1. The first-order chi connectivity index (χ1) is 6.66. The highest BCUT2D eigenvalue weighted by Gasteiger charge is 2.12. The smallest absolute Gasteiger partial charge is 0.0931 e. The van der Waals surface area contributed by atoms with Gasteiger partial charge in [-0.25, -0.2) is 0 Å². The first kappa shape index (κ1) is 10.6. The summed E-state index contributed by atoms with van der Waals surface area (Å²) in [5.74, 6) is 0. The van der Waals surface area contributed by atoms with E-state index in [0.29, 0.717) is 0 Å². The molecule has 0 amide bonds. The van der Waals surface area contributed by atoms with Crippen LogP contribution in [-0.4, -0.2) is 0 Å². The van der Waals surface area contributed by atoms with E-state index in [1.54, 1.807) is 11.3 Å². The second-order valence-corrected chi connectivity index (χ2v) is 7.00. The monoisotopic (exact) mass is 307 g/mol.